The number of nitrogens with one attached hydrogen (secondary N) is 2. The van der Waals surface area contributed by atoms with Crippen molar-refractivity contribution in [1.82, 2.24) is 24.6 Å². The van der Waals surface area contributed by atoms with Gasteiger partial charge >= 0.3 is 0 Å². The Morgan fingerprint density at radius 3 is 2.82 bits per heavy atom. The van der Waals surface area contributed by atoms with Gasteiger partial charge in [0, 0.05) is 68.6 Å². The first-order valence-electron chi connectivity index (χ1n) is 13.4. The number of carbonyl (C=O) groups excluding carboxylic acids is 1. The number of piperazine rings is 1. The van der Waals surface area contributed by atoms with E-state index in [1.807, 2.05) is 22.6 Å². The lowest BCUT2D eigenvalue weighted by atomic mass is 9.98. The van der Waals surface area contributed by atoms with E-state index in [2.05, 4.69) is 38.5 Å². The van der Waals surface area contributed by atoms with Crippen LogP contribution in [-0.4, -0.2) is 71.6 Å². The topological polar surface area (TPSA) is 87.0 Å². The normalized spacial score (nSPS) is 19.5. The molecule has 200 valence electrons. The van der Waals surface area contributed by atoms with Crippen LogP contribution >= 0.6 is 0 Å². The van der Waals surface area contributed by atoms with Crippen molar-refractivity contribution in [1.29, 1.82) is 0 Å². The number of likely N-dealkylation sites (N-methyl/N-ethyl adjacent to an activating group) is 1. The Morgan fingerprint density at radius 2 is 2.00 bits per heavy atom. The van der Waals surface area contributed by atoms with E-state index in [0.29, 0.717) is 35.2 Å². The van der Waals surface area contributed by atoms with Gasteiger partial charge in [-0.15, -0.1) is 0 Å². The summed E-state index contributed by atoms with van der Waals surface area (Å²) in [7, 11) is 2.15. The van der Waals surface area contributed by atoms with E-state index >= 15 is 0 Å². The van der Waals surface area contributed by atoms with Gasteiger partial charge in [-0.25, -0.2) is 14.4 Å². The van der Waals surface area contributed by atoms with Crippen LogP contribution in [0.1, 0.15) is 33.8 Å². The minimum Gasteiger partial charge on any atom is -0.381 e. The smallest absolute Gasteiger partial charge is 0.254 e. The van der Waals surface area contributed by atoms with Crippen molar-refractivity contribution < 1.29 is 13.9 Å². The lowest BCUT2D eigenvalue weighted by Crippen LogP contribution is -2.45. The van der Waals surface area contributed by atoms with Gasteiger partial charge in [0.15, 0.2) is 0 Å². The number of ether oxygens (including phenoxy) is 1. The Hall–Kier alpha value is -4.02. The van der Waals surface area contributed by atoms with E-state index in [9.17, 15) is 9.18 Å². The van der Waals surface area contributed by atoms with Gasteiger partial charge in [-0.3, -0.25) is 9.20 Å². The van der Waals surface area contributed by atoms with Gasteiger partial charge < -0.3 is 25.2 Å². The van der Waals surface area contributed by atoms with Crippen LogP contribution in [0.4, 0.5) is 21.7 Å². The maximum Gasteiger partial charge on any atom is 0.254 e. The molecule has 0 unspecified atom stereocenters. The van der Waals surface area contributed by atoms with Crippen LogP contribution in [0, 0.1) is 5.82 Å². The maximum absolute atomic E-state index is 13.7. The molecule has 1 atom stereocenters. The highest BCUT2D eigenvalue weighted by molar-refractivity contribution is 6.06. The number of hydrogen-bond acceptors (Lipinski definition) is 7. The molecule has 3 aliphatic heterocycles. The summed E-state index contributed by atoms with van der Waals surface area (Å²) in [5, 5.41) is 6.41. The second kappa shape index (κ2) is 9.62. The fourth-order valence-electron chi connectivity index (χ4n) is 5.88. The number of aromatic nitrogens is 3. The van der Waals surface area contributed by atoms with E-state index in [1.165, 1.54) is 17.7 Å². The summed E-state index contributed by atoms with van der Waals surface area (Å²) < 4.78 is 21.3. The number of rotatable bonds is 5. The van der Waals surface area contributed by atoms with Crippen LogP contribution in [0.3, 0.4) is 0 Å². The third-order valence-corrected chi connectivity index (χ3v) is 8.06. The van der Waals surface area contributed by atoms with Crippen LogP contribution in [-0.2, 0) is 11.3 Å². The Balaban J connectivity index is 1.25. The SMILES string of the molecule is CN1CCN(c2nc(Nc3ccc(-c4cnc5cc(F)ccn45)c4c3C(=O)NC4)ccc2[C@H]2CCOC2)CC1. The third-order valence-electron chi connectivity index (χ3n) is 8.06. The van der Waals surface area contributed by atoms with Gasteiger partial charge in [-0.2, -0.15) is 0 Å². The fraction of sp³-hybridized carbons (Fsp3) is 0.345. The summed E-state index contributed by atoms with van der Waals surface area (Å²) in [5.74, 6) is 1.57. The van der Waals surface area contributed by atoms with Gasteiger partial charge in [-0.1, -0.05) is 12.1 Å². The highest BCUT2D eigenvalue weighted by Crippen LogP contribution is 2.37. The first-order chi connectivity index (χ1) is 19.0. The van der Waals surface area contributed by atoms with Gasteiger partial charge in [0.1, 0.15) is 23.1 Å². The van der Waals surface area contributed by atoms with E-state index in [1.54, 1.807) is 12.4 Å². The van der Waals surface area contributed by atoms with Crippen molar-refractivity contribution in [2.75, 3.05) is 56.7 Å². The first-order valence-corrected chi connectivity index (χ1v) is 13.4. The number of anilines is 3. The van der Waals surface area contributed by atoms with Crippen LogP contribution in [0.2, 0.25) is 0 Å². The van der Waals surface area contributed by atoms with Crippen molar-refractivity contribution in [3.8, 4) is 11.3 Å². The molecule has 9 nitrogen and oxygen atoms in total. The molecule has 4 aromatic rings. The molecule has 0 bridgehead atoms. The van der Waals surface area contributed by atoms with Crippen molar-refractivity contribution in [2.24, 2.45) is 0 Å². The zero-order chi connectivity index (χ0) is 26.5. The van der Waals surface area contributed by atoms with Crippen LogP contribution in [0.25, 0.3) is 16.9 Å². The molecule has 0 radical (unpaired) electrons. The number of pyridine rings is 2. The quantitative estimate of drug-likeness (QED) is 0.409. The second-order valence-electron chi connectivity index (χ2n) is 10.5. The second-order valence-corrected chi connectivity index (χ2v) is 10.5. The van der Waals surface area contributed by atoms with E-state index in [-0.39, 0.29) is 11.7 Å². The van der Waals surface area contributed by atoms with Gasteiger partial charge in [0.25, 0.3) is 5.91 Å². The van der Waals surface area contributed by atoms with Crippen molar-refractivity contribution in [3.05, 3.63) is 71.3 Å². The van der Waals surface area contributed by atoms with Crippen LogP contribution in [0.5, 0.6) is 0 Å². The molecule has 1 amide bonds. The number of nitrogens with zero attached hydrogens (tertiary/aromatic N) is 5. The van der Waals surface area contributed by atoms with E-state index < -0.39 is 0 Å². The summed E-state index contributed by atoms with van der Waals surface area (Å²) in [6.07, 6.45) is 4.38. The van der Waals surface area contributed by atoms with Gasteiger partial charge in [0.2, 0.25) is 0 Å². The molecule has 1 aromatic carbocycles. The predicted molar refractivity (Wildman–Crippen MR) is 147 cm³/mol. The minimum atomic E-state index is -0.337. The van der Waals surface area contributed by atoms with Crippen LogP contribution in [0.15, 0.2) is 48.8 Å². The molecular formula is C29H30FN7O2. The summed E-state index contributed by atoms with van der Waals surface area (Å²) in [5.41, 5.74) is 5.63. The molecule has 7 rings (SSSR count). The van der Waals surface area contributed by atoms with E-state index in [4.69, 9.17) is 9.72 Å². The molecule has 0 spiro atoms. The molecule has 0 aliphatic carbocycles. The molecule has 6 heterocycles. The molecule has 2 saturated heterocycles. The lowest BCUT2D eigenvalue weighted by Gasteiger charge is -2.35. The number of imidazole rings is 1. The Labute approximate surface area is 225 Å². The zero-order valence-electron chi connectivity index (χ0n) is 21.8. The molecule has 2 fully saturated rings. The Morgan fingerprint density at radius 1 is 1.13 bits per heavy atom. The van der Waals surface area contributed by atoms with Gasteiger partial charge in [0.05, 0.1) is 29.7 Å². The largest absolute Gasteiger partial charge is 0.381 e. The molecule has 39 heavy (non-hydrogen) atoms. The minimum absolute atomic E-state index is 0.131. The molecular weight excluding hydrogens is 497 g/mol. The summed E-state index contributed by atoms with van der Waals surface area (Å²) >= 11 is 0. The number of fused-ring (bicyclic) bond motifs is 2. The molecule has 3 aliphatic rings. The average Bonchev–Trinajstić information content (AvgIpc) is 3.70. The molecule has 3 aromatic heterocycles. The van der Waals surface area contributed by atoms with Crippen molar-refractivity contribution >= 4 is 28.9 Å². The summed E-state index contributed by atoms with van der Waals surface area (Å²) in [6, 6.07) is 10.9. The maximum atomic E-state index is 13.7. The van der Waals surface area contributed by atoms with Crippen molar-refractivity contribution in [2.45, 2.75) is 18.9 Å². The number of carbonyl (C=O) groups is 1. The predicted octanol–water partition coefficient (Wildman–Crippen LogP) is 3.78. The molecule has 2 N–H and O–H groups in total. The van der Waals surface area contributed by atoms with E-state index in [0.717, 1.165) is 68.5 Å². The fourth-order valence-corrected chi connectivity index (χ4v) is 5.88. The monoisotopic (exact) mass is 527 g/mol. The molecule has 10 heteroatoms. The number of amides is 1. The first kappa shape index (κ1) is 24.1. The number of hydrogen-bond donors (Lipinski definition) is 2. The number of halogens is 1. The molecule has 0 saturated carbocycles. The highest BCUT2D eigenvalue weighted by Gasteiger charge is 2.29. The highest BCUT2D eigenvalue weighted by atomic mass is 19.1. The van der Waals surface area contributed by atoms with Gasteiger partial charge in [-0.05, 0) is 37.2 Å². The van der Waals surface area contributed by atoms with Crippen molar-refractivity contribution in [3.63, 3.8) is 0 Å². The Kier molecular flexibility index (Phi) is 5.93. The number of benzene rings is 1. The zero-order valence-corrected chi connectivity index (χ0v) is 21.8. The average molecular weight is 528 g/mol. The summed E-state index contributed by atoms with van der Waals surface area (Å²) in [4.78, 5) is 27.2. The Bertz CT molecular complexity index is 1570. The lowest BCUT2D eigenvalue weighted by molar-refractivity contribution is 0.0966. The van der Waals surface area contributed by atoms with Crippen LogP contribution < -0.4 is 15.5 Å². The summed E-state index contributed by atoms with van der Waals surface area (Å²) in [6.45, 7) is 5.73. The standard InChI is InChI=1S/C29H30FN7O2/c1-35-9-11-36(12-10-35)28-20(18-7-13-39-17-18)3-5-25(34-28)33-23-4-2-21(22-15-32-29(38)27(22)23)24-16-31-26-14-19(30)6-8-37(24)26/h2-6,8,14,16,18H,7,9-13,15,17H2,1H3,(H,32,38)(H,33,34)/t18-/m0/s1. The third kappa shape index (κ3) is 4.29.